The van der Waals surface area contributed by atoms with Crippen molar-refractivity contribution in [2.45, 2.75) is 31.3 Å². The van der Waals surface area contributed by atoms with Crippen molar-refractivity contribution in [1.82, 2.24) is 14.9 Å². The number of benzene rings is 1. The molecule has 4 nitrogen and oxygen atoms in total. The Kier molecular flexibility index (Phi) is 2.30. The van der Waals surface area contributed by atoms with Gasteiger partial charge in [0.2, 0.25) is 5.95 Å². The van der Waals surface area contributed by atoms with Crippen molar-refractivity contribution < 1.29 is 0 Å². The highest BCUT2D eigenvalue weighted by Gasteiger charge is 2.37. The summed E-state index contributed by atoms with van der Waals surface area (Å²) in [7, 11) is 0. The maximum atomic E-state index is 4.61. The number of H-pyrrole nitrogens is 1. The Morgan fingerprint density at radius 1 is 1.22 bits per heavy atom. The average molecular weight is 242 g/mol. The lowest BCUT2D eigenvalue weighted by Crippen LogP contribution is -2.34. The fourth-order valence-corrected chi connectivity index (χ4v) is 3.45. The number of aromatic nitrogens is 2. The standard InChI is InChI=1S/C14H18N4/c1-2-5-11-10(4-1)15-14(16-11)17-12-7-9-18-8-3-6-13(12)18/h1-2,4-5,12-13H,3,6-9H2,(H2,15,16,17). The van der Waals surface area contributed by atoms with Crippen molar-refractivity contribution >= 4 is 17.0 Å². The fraction of sp³-hybridized carbons (Fsp3) is 0.500. The molecule has 2 unspecified atom stereocenters. The predicted molar refractivity (Wildman–Crippen MR) is 72.7 cm³/mol. The zero-order chi connectivity index (χ0) is 11.9. The van der Waals surface area contributed by atoms with Gasteiger partial charge in [-0.05, 0) is 37.9 Å². The minimum atomic E-state index is 0.563. The number of hydrogen-bond donors (Lipinski definition) is 2. The summed E-state index contributed by atoms with van der Waals surface area (Å²) < 4.78 is 0. The number of hydrogen-bond acceptors (Lipinski definition) is 3. The van der Waals surface area contributed by atoms with Gasteiger partial charge < -0.3 is 10.3 Å². The Labute approximate surface area is 106 Å². The smallest absolute Gasteiger partial charge is 0.201 e. The van der Waals surface area contributed by atoms with Crippen LogP contribution in [0.5, 0.6) is 0 Å². The van der Waals surface area contributed by atoms with E-state index in [2.05, 4.69) is 26.3 Å². The van der Waals surface area contributed by atoms with E-state index >= 15 is 0 Å². The van der Waals surface area contributed by atoms with Crippen LogP contribution in [0, 0.1) is 0 Å². The number of rotatable bonds is 2. The highest BCUT2D eigenvalue weighted by Crippen LogP contribution is 2.29. The fourth-order valence-electron chi connectivity index (χ4n) is 3.45. The summed E-state index contributed by atoms with van der Waals surface area (Å²) in [5.41, 5.74) is 2.16. The van der Waals surface area contributed by atoms with Gasteiger partial charge in [-0.3, -0.25) is 4.90 Å². The van der Waals surface area contributed by atoms with Crippen LogP contribution < -0.4 is 5.32 Å². The summed E-state index contributed by atoms with van der Waals surface area (Å²) in [5.74, 6) is 0.926. The van der Waals surface area contributed by atoms with E-state index in [0.29, 0.717) is 6.04 Å². The van der Waals surface area contributed by atoms with E-state index in [1.165, 1.54) is 32.4 Å². The van der Waals surface area contributed by atoms with Crippen LogP contribution in [0.3, 0.4) is 0 Å². The number of aromatic amines is 1. The normalized spacial score (nSPS) is 27.8. The first-order valence-electron chi connectivity index (χ1n) is 6.85. The molecule has 0 spiro atoms. The van der Waals surface area contributed by atoms with Crippen LogP contribution in [-0.4, -0.2) is 40.0 Å². The maximum Gasteiger partial charge on any atom is 0.201 e. The number of nitrogens with one attached hydrogen (secondary N) is 2. The minimum absolute atomic E-state index is 0.563. The molecule has 2 aliphatic rings. The molecule has 2 aromatic rings. The van der Waals surface area contributed by atoms with E-state index in [9.17, 15) is 0 Å². The van der Waals surface area contributed by atoms with Crippen molar-refractivity contribution in [3.63, 3.8) is 0 Å². The molecule has 4 heteroatoms. The lowest BCUT2D eigenvalue weighted by Gasteiger charge is -2.20. The molecule has 1 aromatic carbocycles. The first-order valence-corrected chi connectivity index (χ1v) is 6.85. The van der Waals surface area contributed by atoms with Crippen LogP contribution >= 0.6 is 0 Å². The Morgan fingerprint density at radius 3 is 3.11 bits per heavy atom. The Balaban J connectivity index is 1.57. The molecular weight excluding hydrogens is 224 g/mol. The lowest BCUT2D eigenvalue weighted by molar-refractivity contribution is 0.318. The van der Waals surface area contributed by atoms with Gasteiger partial charge >= 0.3 is 0 Å². The second-order valence-electron chi connectivity index (χ2n) is 5.39. The molecule has 2 fully saturated rings. The zero-order valence-electron chi connectivity index (χ0n) is 10.4. The number of fused-ring (bicyclic) bond motifs is 2. The molecule has 0 aliphatic carbocycles. The number of anilines is 1. The summed E-state index contributed by atoms with van der Waals surface area (Å²) in [4.78, 5) is 10.6. The van der Waals surface area contributed by atoms with Crippen LogP contribution in [0.15, 0.2) is 24.3 Å². The topological polar surface area (TPSA) is 44.0 Å². The number of imidazole rings is 1. The molecule has 18 heavy (non-hydrogen) atoms. The van der Waals surface area contributed by atoms with Crippen LogP contribution in [0.1, 0.15) is 19.3 Å². The van der Waals surface area contributed by atoms with Crippen LogP contribution in [0.4, 0.5) is 5.95 Å². The molecule has 2 N–H and O–H groups in total. The summed E-state index contributed by atoms with van der Waals surface area (Å²) in [6.45, 7) is 2.52. The van der Waals surface area contributed by atoms with Gasteiger partial charge in [-0.2, -0.15) is 0 Å². The molecule has 0 saturated carbocycles. The number of nitrogens with zero attached hydrogens (tertiary/aromatic N) is 2. The quantitative estimate of drug-likeness (QED) is 0.848. The van der Waals surface area contributed by atoms with Gasteiger partial charge in [0.1, 0.15) is 0 Å². The van der Waals surface area contributed by atoms with Gasteiger partial charge in [0.25, 0.3) is 0 Å². The van der Waals surface area contributed by atoms with E-state index in [0.717, 1.165) is 23.0 Å². The summed E-state index contributed by atoms with van der Waals surface area (Å²) in [6, 6.07) is 9.48. The Bertz CT molecular complexity index is 529. The first-order chi connectivity index (χ1) is 8.90. The second-order valence-corrected chi connectivity index (χ2v) is 5.39. The molecule has 94 valence electrons. The zero-order valence-corrected chi connectivity index (χ0v) is 10.4. The van der Waals surface area contributed by atoms with E-state index in [1.807, 2.05) is 18.2 Å². The van der Waals surface area contributed by atoms with Gasteiger partial charge in [0.15, 0.2) is 0 Å². The van der Waals surface area contributed by atoms with Gasteiger partial charge in [0.05, 0.1) is 11.0 Å². The minimum Gasteiger partial charge on any atom is -0.351 e. The molecule has 3 heterocycles. The third-order valence-electron chi connectivity index (χ3n) is 4.32. The van der Waals surface area contributed by atoms with Gasteiger partial charge in [-0.25, -0.2) is 4.98 Å². The van der Waals surface area contributed by atoms with Crippen molar-refractivity contribution in [1.29, 1.82) is 0 Å². The molecule has 2 saturated heterocycles. The van der Waals surface area contributed by atoms with Crippen LogP contribution in [0.25, 0.3) is 11.0 Å². The molecule has 0 bridgehead atoms. The summed E-state index contributed by atoms with van der Waals surface area (Å²) >= 11 is 0. The maximum absolute atomic E-state index is 4.61. The molecule has 1 aromatic heterocycles. The molecule has 2 aliphatic heterocycles. The molecule has 2 atom stereocenters. The highest BCUT2D eigenvalue weighted by atomic mass is 15.3. The monoisotopic (exact) mass is 242 g/mol. The van der Waals surface area contributed by atoms with Crippen molar-refractivity contribution in [3.8, 4) is 0 Å². The number of para-hydroxylation sites is 2. The Morgan fingerprint density at radius 2 is 2.17 bits per heavy atom. The van der Waals surface area contributed by atoms with Crippen LogP contribution in [-0.2, 0) is 0 Å². The van der Waals surface area contributed by atoms with E-state index in [-0.39, 0.29) is 0 Å². The SMILES string of the molecule is c1ccc2[nH]c(NC3CCN4CCCC34)nc2c1. The summed E-state index contributed by atoms with van der Waals surface area (Å²) in [5, 5.41) is 3.59. The Hall–Kier alpha value is -1.55. The van der Waals surface area contributed by atoms with E-state index in [4.69, 9.17) is 0 Å². The third-order valence-corrected chi connectivity index (χ3v) is 4.32. The molecule has 0 radical (unpaired) electrons. The van der Waals surface area contributed by atoms with Crippen molar-refractivity contribution in [2.75, 3.05) is 18.4 Å². The lowest BCUT2D eigenvalue weighted by atomic mass is 10.1. The highest BCUT2D eigenvalue weighted by molar-refractivity contribution is 5.77. The first kappa shape index (κ1) is 10.4. The predicted octanol–water partition coefficient (Wildman–Crippen LogP) is 2.21. The largest absolute Gasteiger partial charge is 0.351 e. The van der Waals surface area contributed by atoms with Crippen LogP contribution in [0.2, 0.25) is 0 Å². The van der Waals surface area contributed by atoms with Crippen molar-refractivity contribution in [3.05, 3.63) is 24.3 Å². The third kappa shape index (κ3) is 1.60. The van der Waals surface area contributed by atoms with E-state index in [1.54, 1.807) is 0 Å². The molecule has 4 rings (SSSR count). The molecule has 0 amide bonds. The summed E-state index contributed by atoms with van der Waals surface area (Å²) in [6.07, 6.45) is 3.92. The van der Waals surface area contributed by atoms with Gasteiger partial charge in [-0.1, -0.05) is 12.1 Å². The average Bonchev–Trinajstić information content (AvgIpc) is 3.05. The van der Waals surface area contributed by atoms with E-state index < -0.39 is 0 Å². The second kappa shape index (κ2) is 3.99. The van der Waals surface area contributed by atoms with Gasteiger partial charge in [0, 0.05) is 18.6 Å². The molecular formula is C14H18N4. The van der Waals surface area contributed by atoms with Crippen molar-refractivity contribution in [2.24, 2.45) is 0 Å². The van der Waals surface area contributed by atoms with Gasteiger partial charge in [-0.15, -0.1) is 0 Å².